The zero-order chi connectivity index (χ0) is 20.5. The number of carbonyl (C=O) groups excluding carboxylic acids is 1. The van der Waals surface area contributed by atoms with Gasteiger partial charge in [-0.15, -0.1) is 10.2 Å². The number of hydrogen-bond donors (Lipinski definition) is 0. The number of likely N-dealkylation sites (tertiary alicyclic amines) is 1. The maximum atomic E-state index is 12.8. The standard InChI is InChI=1S/C23H23N5O2/c1-27-14-17(19-6-2-3-7-20(19)27)8-9-21(29)28-12-10-18(15-28)23-26-25-22(30-23)16-5-4-11-24-13-16/h2-7,11,13-14,18H,8-10,12,15H2,1H3/t18-/m0/s1. The van der Waals surface area contributed by atoms with E-state index in [-0.39, 0.29) is 11.8 Å². The maximum Gasteiger partial charge on any atom is 0.249 e. The molecule has 0 bridgehead atoms. The van der Waals surface area contributed by atoms with Crippen LogP contribution in [-0.4, -0.2) is 43.6 Å². The third-order valence-electron chi connectivity index (χ3n) is 5.83. The minimum Gasteiger partial charge on any atom is -0.420 e. The number of amides is 1. The molecule has 0 aliphatic carbocycles. The second-order valence-electron chi connectivity index (χ2n) is 7.79. The largest absolute Gasteiger partial charge is 0.420 e. The van der Waals surface area contributed by atoms with Gasteiger partial charge >= 0.3 is 0 Å². The lowest BCUT2D eigenvalue weighted by Crippen LogP contribution is -2.28. The van der Waals surface area contributed by atoms with Crippen molar-refractivity contribution >= 4 is 16.8 Å². The highest BCUT2D eigenvalue weighted by Crippen LogP contribution is 2.29. The molecule has 1 atom stereocenters. The fourth-order valence-corrected chi connectivity index (χ4v) is 4.22. The Balaban J connectivity index is 1.22. The summed E-state index contributed by atoms with van der Waals surface area (Å²) in [5, 5.41) is 9.58. The highest BCUT2D eigenvalue weighted by Gasteiger charge is 2.31. The molecule has 0 N–H and O–H groups in total. The molecular formula is C23H23N5O2. The molecule has 4 heterocycles. The molecular weight excluding hydrogens is 378 g/mol. The summed E-state index contributed by atoms with van der Waals surface area (Å²) in [7, 11) is 2.04. The molecule has 1 aromatic carbocycles. The predicted octanol–water partition coefficient (Wildman–Crippen LogP) is 3.57. The van der Waals surface area contributed by atoms with E-state index in [4.69, 9.17) is 4.42 Å². The van der Waals surface area contributed by atoms with Crippen molar-refractivity contribution in [1.82, 2.24) is 24.6 Å². The molecule has 1 amide bonds. The Morgan fingerprint density at radius 3 is 2.97 bits per heavy atom. The topological polar surface area (TPSA) is 77.1 Å². The molecule has 0 radical (unpaired) electrons. The highest BCUT2D eigenvalue weighted by atomic mass is 16.4. The van der Waals surface area contributed by atoms with E-state index in [0.717, 1.165) is 24.9 Å². The molecule has 0 unspecified atom stereocenters. The van der Waals surface area contributed by atoms with E-state index in [2.05, 4.69) is 38.1 Å². The van der Waals surface area contributed by atoms with E-state index in [1.807, 2.05) is 36.2 Å². The Bertz CT molecular complexity index is 1180. The van der Waals surface area contributed by atoms with Gasteiger partial charge in [0.25, 0.3) is 0 Å². The predicted molar refractivity (Wildman–Crippen MR) is 113 cm³/mol. The van der Waals surface area contributed by atoms with Crippen molar-refractivity contribution in [1.29, 1.82) is 0 Å². The average Bonchev–Trinajstić information content (AvgIpc) is 3.52. The number of hydrogen-bond acceptors (Lipinski definition) is 5. The summed E-state index contributed by atoms with van der Waals surface area (Å²) in [6.45, 7) is 1.35. The second kappa shape index (κ2) is 7.74. The van der Waals surface area contributed by atoms with Crippen molar-refractivity contribution in [2.45, 2.75) is 25.2 Å². The van der Waals surface area contributed by atoms with Crippen molar-refractivity contribution in [3.63, 3.8) is 0 Å². The minimum absolute atomic E-state index is 0.0874. The number of fused-ring (bicyclic) bond motifs is 1. The molecule has 1 aliphatic rings. The Kier molecular flexibility index (Phi) is 4.78. The van der Waals surface area contributed by atoms with Crippen LogP contribution < -0.4 is 0 Å². The summed E-state index contributed by atoms with van der Waals surface area (Å²) in [5.74, 6) is 1.33. The summed E-state index contributed by atoms with van der Waals surface area (Å²) in [5.41, 5.74) is 3.22. The van der Waals surface area contributed by atoms with Crippen molar-refractivity contribution in [2.24, 2.45) is 7.05 Å². The van der Waals surface area contributed by atoms with Crippen LogP contribution in [0.4, 0.5) is 0 Å². The van der Waals surface area contributed by atoms with Crippen molar-refractivity contribution in [3.8, 4) is 11.5 Å². The van der Waals surface area contributed by atoms with Gasteiger partial charge < -0.3 is 13.9 Å². The summed E-state index contributed by atoms with van der Waals surface area (Å²) in [6, 6.07) is 12.0. The lowest BCUT2D eigenvalue weighted by atomic mass is 10.1. The number of aromatic nitrogens is 4. The molecule has 5 rings (SSSR count). The van der Waals surface area contributed by atoms with Gasteiger partial charge in [0.15, 0.2) is 0 Å². The van der Waals surface area contributed by atoms with Crippen LogP contribution in [0.15, 0.2) is 59.4 Å². The zero-order valence-electron chi connectivity index (χ0n) is 16.9. The molecule has 30 heavy (non-hydrogen) atoms. The number of pyridine rings is 1. The molecule has 7 heteroatoms. The van der Waals surface area contributed by atoms with Gasteiger partial charge in [0.05, 0.1) is 11.5 Å². The van der Waals surface area contributed by atoms with Crippen LogP contribution in [0.3, 0.4) is 0 Å². The number of rotatable bonds is 5. The van der Waals surface area contributed by atoms with Crippen LogP contribution in [0, 0.1) is 0 Å². The molecule has 1 saturated heterocycles. The molecule has 0 saturated carbocycles. The van der Waals surface area contributed by atoms with Gasteiger partial charge in [-0.1, -0.05) is 18.2 Å². The SMILES string of the molecule is Cn1cc(CCC(=O)N2CC[C@H](c3nnc(-c4cccnc4)o3)C2)c2ccccc21. The monoisotopic (exact) mass is 401 g/mol. The minimum atomic E-state index is 0.0874. The maximum absolute atomic E-state index is 12.8. The smallest absolute Gasteiger partial charge is 0.249 e. The fraction of sp³-hybridized carbons (Fsp3) is 0.304. The van der Waals surface area contributed by atoms with Crippen molar-refractivity contribution < 1.29 is 9.21 Å². The van der Waals surface area contributed by atoms with Gasteiger partial charge in [-0.25, -0.2) is 0 Å². The summed E-state index contributed by atoms with van der Waals surface area (Å²) < 4.78 is 7.98. The molecule has 7 nitrogen and oxygen atoms in total. The number of benzene rings is 1. The summed E-state index contributed by atoms with van der Waals surface area (Å²) >= 11 is 0. The van der Waals surface area contributed by atoms with Crippen LogP contribution in [0.2, 0.25) is 0 Å². The number of nitrogens with zero attached hydrogens (tertiary/aromatic N) is 5. The van der Waals surface area contributed by atoms with E-state index in [9.17, 15) is 4.79 Å². The Morgan fingerprint density at radius 1 is 1.20 bits per heavy atom. The first kappa shape index (κ1) is 18.5. The van der Waals surface area contributed by atoms with Crippen LogP contribution >= 0.6 is 0 Å². The van der Waals surface area contributed by atoms with Gasteiger partial charge in [0, 0.05) is 56.1 Å². The van der Waals surface area contributed by atoms with E-state index >= 15 is 0 Å². The lowest BCUT2D eigenvalue weighted by Gasteiger charge is -2.15. The summed E-state index contributed by atoms with van der Waals surface area (Å²) in [6.07, 6.45) is 7.63. The molecule has 3 aromatic heterocycles. The molecule has 1 fully saturated rings. The Hall–Kier alpha value is -3.48. The normalized spacial score (nSPS) is 16.4. The van der Waals surface area contributed by atoms with Crippen LogP contribution in [0.25, 0.3) is 22.4 Å². The van der Waals surface area contributed by atoms with Crippen LogP contribution in [-0.2, 0) is 18.3 Å². The van der Waals surface area contributed by atoms with E-state index < -0.39 is 0 Å². The lowest BCUT2D eigenvalue weighted by molar-refractivity contribution is -0.130. The zero-order valence-corrected chi connectivity index (χ0v) is 16.9. The number of carbonyl (C=O) groups is 1. The third kappa shape index (κ3) is 3.47. The van der Waals surface area contributed by atoms with E-state index in [1.165, 1.54) is 16.5 Å². The Morgan fingerprint density at radius 2 is 2.10 bits per heavy atom. The number of para-hydroxylation sites is 1. The third-order valence-corrected chi connectivity index (χ3v) is 5.83. The first-order valence-corrected chi connectivity index (χ1v) is 10.2. The molecule has 4 aromatic rings. The highest BCUT2D eigenvalue weighted by molar-refractivity contribution is 5.85. The molecule has 0 spiro atoms. The first-order chi connectivity index (χ1) is 14.7. The first-order valence-electron chi connectivity index (χ1n) is 10.2. The fourth-order valence-electron chi connectivity index (χ4n) is 4.22. The average molecular weight is 401 g/mol. The van der Waals surface area contributed by atoms with Crippen molar-refractivity contribution in [2.75, 3.05) is 13.1 Å². The van der Waals surface area contributed by atoms with Gasteiger partial charge in [0.1, 0.15) is 0 Å². The van der Waals surface area contributed by atoms with Gasteiger partial charge in [-0.05, 0) is 36.6 Å². The molecule has 1 aliphatic heterocycles. The molecule has 152 valence electrons. The van der Waals surface area contributed by atoms with Crippen molar-refractivity contribution in [3.05, 3.63) is 66.4 Å². The Labute approximate surface area is 174 Å². The van der Waals surface area contributed by atoms with Gasteiger partial charge in [-0.2, -0.15) is 0 Å². The van der Waals surface area contributed by atoms with E-state index in [0.29, 0.717) is 24.7 Å². The van der Waals surface area contributed by atoms with Crippen LogP contribution in [0.5, 0.6) is 0 Å². The van der Waals surface area contributed by atoms with Gasteiger partial charge in [0.2, 0.25) is 17.7 Å². The van der Waals surface area contributed by atoms with Crippen LogP contribution in [0.1, 0.15) is 30.2 Å². The van der Waals surface area contributed by atoms with Gasteiger partial charge in [-0.3, -0.25) is 9.78 Å². The second-order valence-corrected chi connectivity index (χ2v) is 7.79. The number of aryl methyl sites for hydroxylation is 2. The van der Waals surface area contributed by atoms with E-state index in [1.54, 1.807) is 12.4 Å². The summed E-state index contributed by atoms with van der Waals surface area (Å²) in [4.78, 5) is 18.8. The quantitative estimate of drug-likeness (QED) is 0.511.